The molecule has 5 rings (SSSR count). The number of pyridine rings is 2. The van der Waals surface area contributed by atoms with Gasteiger partial charge in [-0.2, -0.15) is 4.98 Å². The van der Waals surface area contributed by atoms with Gasteiger partial charge in [-0.3, -0.25) is 4.79 Å². The molecule has 1 N–H and O–H groups in total. The number of rotatable bonds is 7. The van der Waals surface area contributed by atoms with Gasteiger partial charge in [0.15, 0.2) is 5.65 Å². The number of hydrogen-bond acceptors (Lipinski definition) is 7. The first-order valence-corrected chi connectivity index (χ1v) is 12.1. The van der Waals surface area contributed by atoms with Crippen molar-refractivity contribution in [3.8, 4) is 11.6 Å². The van der Waals surface area contributed by atoms with Crippen molar-refractivity contribution in [1.82, 2.24) is 9.97 Å². The number of hydrogen-bond donors (Lipinski definition) is 1. The summed E-state index contributed by atoms with van der Waals surface area (Å²) in [7, 11) is 3.09. The van der Waals surface area contributed by atoms with E-state index in [1.807, 2.05) is 24.3 Å². The Morgan fingerprint density at radius 1 is 1.06 bits per heavy atom. The van der Waals surface area contributed by atoms with Gasteiger partial charge < -0.3 is 19.7 Å². The van der Waals surface area contributed by atoms with Crippen LogP contribution in [0, 0.1) is 11.6 Å². The van der Waals surface area contributed by atoms with E-state index in [0.717, 1.165) is 11.3 Å². The van der Waals surface area contributed by atoms with Crippen LogP contribution in [0.3, 0.4) is 0 Å². The molecular weight excluding hydrogens is 486 g/mol. The Kier molecular flexibility index (Phi) is 6.60. The van der Waals surface area contributed by atoms with E-state index in [-0.39, 0.29) is 24.6 Å². The predicted molar refractivity (Wildman–Crippen MR) is 135 cm³/mol. The summed E-state index contributed by atoms with van der Waals surface area (Å²) < 4.78 is 40.6. The van der Waals surface area contributed by atoms with Crippen molar-refractivity contribution in [3.63, 3.8) is 0 Å². The molecule has 0 spiro atoms. The van der Waals surface area contributed by atoms with Gasteiger partial charge in [0.1, 0.15) is 17.4 Å². The van der Waals surface area contributed by atoms with Crippen molar-refractivity contribution in [3.05, 3.63) is 77.5 Å². The maximum atomic E-state index is 15.1. The number of anilines is 2. The Balaban J connectivity index is 1.42. The first-order valence-electron chi connectivity index (χ1n) is 11.1. The van der Waals surface area contributed by atoms with Crippen LogP contribution < -0.4 is 19.7 Å². The zero-order chi connectivity index (χ0) is 25.2. The Labute approximate surface area is 210 Å². The molecule has 36 heavy (non-hydrogen) atoms. The summed E-state index contributed by atoms with van der Waals surface area (Å²) >= 11 is 1.32. The second-order valence-corrected chi connectivity index (χ2v) is 9.13. The lowest BCUT2D eigenvalue weighted by atomic mass is 10.1. The lowest BCUT2D eigenvalue weighted by molar-refractivity contribution is -0.117. The van der Waals surface area contributed by atoms with Crippen LogP contribution in [0.1, 0.15) is 11.1 Å². The smallest absolute Gasteiger partial charge is 0.246 e. The van der Waals surface area contributed by atoms with Crippen molar-refractivity contribution in [1.29, 1.82) is 0 Å². The fraction of sp³-hybridized carbons (Fsp3) is 0.192. The number of benzene rings is 2. The molecule has 7 nitrogen and oxygen atoms in total. The third kappa shape index (κ3) is 4.64. The van der Waals surface area contributed by atoms with E-state index in [9.17, 15) is 4.79 Å². The van der Waals surface area contributed by atoms with Gasteiger partial charge in [-0.25, -0.2) is 13.8 Å². The third-order valence-electron chi connectivity index (χ3n) is 5.88. The Bertz CT molecular complexity index is 1430. The van der Waals surface area contributed by atoms with Gasteiger partial charge in [0.05, 0.1) is 44.9 Å². The van der Waals surface area contributed by atoms with Crippen LogP contribution >= 0.6 is 11.8 Å². The molecule has 10 heteroatoms. The van der Waals surface area contributed by atoms with Crippen LogP contribution in [0.25, 0.3) is 11.0 Å². The van der Waals surface area contributed by atoms with Crippen LogP contribution in [-0.4, -0.2) is 36.6 Å². The minimum Gasteiger partial charge on any atom is -0.497 e. The largest absolute Gasteiger partial charge is 0.497 e. The van der Waals surface area contributed by atoms with Crippen LogP contribution in [0.15, 0.2) is 59.6 Å². The van der Waals surface area contributed by atoms with Gasteiger partial charge in [0, 0.05) is 27.7 Å². The first kappa shape index (κ1) is 23.8. The van der Waals surface area contributed by atoms with E-state index in [0.29, 0.717) is 38.9 Å². The zero-order valence-corrected chi connectivity index (χ0v) is 20.4. The predicted octanol–water partition coefficient (Wildman–Crippen LogP) is 5.18. The molecule has 0 aliphatic carbocycles. The molecule has 0 atom stereocenters. The second kappa shape index (κ2) is 9.98. The molecule has 0 fully saturated rings. The minimum absolute atomic E-state index is 0.0111. The van der Waals surface area contributed by atoms with E-state index in [2.05, 4.69) is 15.3 Å². The van der Waals surface area contributed by atoms with Crippen LogP contribution in [0.5, 0.6) is 11.6 Å². The summed E-state index contributed by atoms with van der Waals surface area (Å²) in [5, 5.41) is 3.59. The summed E-state index contributed by atoms with van der Waals surface area (Å²) in [6.45, 7) is -0.275. The molecule has 0 saturated heterocycles. The van der Waals surface area contributed by atoms with Gasteiger partial charge in [-0.1, -0.05) is 12.1 Å². The number of thioether (sulfide) groups is 1. The second-order valence-electron chi connectivity index (χ2n) is 8.08. The third-order valence-corrected chi connectivity index (χ3v) is 6.93. The summed E-state index contributed by atoms with van der Waals surface area (Å²) in [6, 6.07) is 13.5. The first-order chi connectivity index (χ1) is 17.5. The number of amides is 1. The number of nitrogens with one attached hydrogen (secondary N) is 1. The fourth-order valence-corrected chi connectivity index (χ4v) is 4.90. The normalized spacial score (nSPS) is 12.9. The summed E-state index contributed by atoms with van der Waals surface area (Å²) in [6.07, 6.45) is 1.55. The lowest BCUT2D eigenvalue weighted by Crippen LogP contribution is -2.40. The van der Waals surface area contributed by atoms with Crippen molar-refractivity contribution >= 4 is 40.1 Å². The molecule has 1 aliphatic heterocycles. The SMILES string of the molecule is COc1ccc(CSc2cc(F)c(CN3C(=O)CNc4cnc5nc(OC)ccc5c43)c(F)c2)cc1. The van der Waals surface area contributed by atoms with E-state index in [1.165, 1.54) is 35.9 Å². The number of ether oxygens (including phenoxy) is 2. The van der Waals surface area contributed by atoms with Gasteiger partial charge in [-0.05, 0) is 35.9 Å². The highest BCUT2D eigenvalue weighted by atomic mass is 32.2. The molecular formula is C26H22F2N4O3S. The van der Waals surface area contributed by atoms with Gasteiger partial charge in [-0.15, -0.1) is 11.8 Å². The standard InChI is InChI=1S/C26H22F2N4O3S/c1-34-16-5-3-15(4-6-16)14-36-17-9-20(27)19(21(28)10-17)13-32-24(33)12-29-22-11-30-26-18(25(22)32)7-8-23(31-26)35-2/h3-11,29H,12-14H2,1-2H3. The van der Waals surface area contributed by atoms with Crippen molar-refractivity contribution in [2.45, 2.75) is 17.2 Å². The van der Waals surface area contributed by atoms with Gasteiger partial charge in [0.2, 0.25) is 11.8 Å². The van der Waals surface area contributed by atoms with Crippen molar-refractivity contribution in [2.24, 2.45) is 0 Å². The van der Waals surface area contributed by atoms with Gasteiger partial charge in [0.25, 0.3) is 0 Å². The Morgan fingerprint density at radius 3 is 2.50 bits per heavy atom. The molecule has 0 bridgehead atoms. The number of aromatic nitrogens is 2. The number of carbonyl (C=O) groups excluding carboxylic acids is 1. The van der Waals surface area contributed by atoms with E-state index >= 15 is 8.78 Å². The molecule has 2 aromatic heterocycles. The molecule has 1 aliphatic rings. The Hall–Kier alpha value is -3.92. The van der Waals surface area contributed by atoms with Crippen LogP contribution in [-0.2, 0) is 17.1 Å². The number of carbonyl (C=O) groups is 1. The highest BCUT2D eigenvalue weighted by molar-refractivity contribution is 7.98. The quantitative estimate of drug-likeness (QED) is 0.345. The maximum Gasteiger partial charge on any atom is 0.246 e. The van der Waals surface area contributed by atoms with E-state index in [4.69, 9.17) is 9.47 Å². The van der Waals surface area contributed by atoms with Crippen molar-refractivity contribution < 1.29 is 23.0 Å². The highest BCUT2D eigenvalue weighted by Gasteiger charge is 2.29. The topological polar surface area (TPSA) is 76.6 Å². The molecule has 0 radical (unpaired) electrons. The number of methoxy groups -OCH3 is 2. The molecule has 0 unspecified atom stereocenters. The van der Waals surface area contributed by atoms with Crippen molar-refractivity contribution in [2.75, 3.05) is 31.0 Å². The average Bonchev–Trinajstić information content (AvgIpc) is 2.90. The monoisotopic (exact) mass is 508 g/mol. The molecule has 4 aromatic rings. The average molecular weight is 509 g/mol. The Morgan fingerprint density at radius 2 is 1.81 bits per heavy atom. The van der Waals surface area contributed by atoms with E-state index in [1.54, 1.807) is 25.4 Å². The molecule has 3 heterocycles. The summed E-state index contributed by atoms with van der Waals surface area (Å²) in [4.78, 5) is 23.3. The number of nitrogens with zero attached hydrogens (tertiary/aromatic N) is 3. The summed E-state index contributed by atoms with van der Waals surface area (Å²) in [5.41, 5.74) is 2.24. The molecule has 0 saturated carbocycles. The number of halogens is 2. The summed E-state index contributed by atoms with van der Waals surface area (Å²) in [5.74, 6) is -0.0790. The lowest BCUT2D eigenvalue weighted by Gasteiger charge is -2.31. The van der Waals surface area contributed by atoms with Crippen LogP contribution in [0.4, 0.5) is 20.2 Å². The maximum absolute atomic E-state index is 15.1. The fourth-order valence-electron chi connectivity index (χ4n) is 4.00. The van der Waals surface area contributed by atoms with Crippen LogP contribution in [0.2, 0.25) is 0 Å². The van der Waals surface area contributed by atoms with E-state index < -0.39 is 11.6 Å². The minimum atomic E-state index is -0.710. The molecule has 1 amide bonds. The highest BCUT2D eigenvalue weighted by Crippen LogP contribution is 2.38. The molecule has 184 valence electrons. The molecule has 2 aromatic carbocycles. The number of fused-ring (bicyclic) bond motifs is 3. The van der Waals surface area contributed by atoms with Gasteiger partial charge >= 0.3 is 0 Å². The zero-order valence-electron chi connectivity index (χ0n) is 19.5.